The summed E-state index contributed by atoms with van der Waals surface area (Å²) in [4.78, 5) is 12.3. The monoisotopic (exact) mass is 375 g/mol. The summed E-state index contributed by atoms with van der Waals surface area (Å²) in [5.74, 6) is -0.0751. The molecular formula is C16H26ClN3O3S. The molecule has 0 heterocycles. The highest BCUT2D eigenvalue weighted by atomic mass is 35.5. The molecule has 1 saturated carbocycles. The molecule has 8 heteroatoms. The van der Waals surface area contributed by atoms with Crippen LogP contribution in [0.1, 0.15) is 38.5 Å². The first kappa shape index (κ1) is 20.7. The zero-order valence-corrected chi connectivity index (χ0v) is 15.5. The quantitative estimate of drug-likeness (QED) is 0.711. The summed E-state index contributed by atoms with van der Waals surface area (Å²) in [6.07, 6.45) is 6.94. The van der Waals surface area contributed by atoms with Crippen LogP contribution in [0.5, 0.6) is 0 Å². The Balaban J connectivity index is 0.00000288. The molecule has 1 fully saturated rings. The van der Waals surface area contributed by atoms with Crippen molar-refractivity contribution >= 4 is 39.7 Å². The summed E-state index contributed by atoms with van der Waals surface area (Å²) < 4.78 is 24.9. The number of carbonyl (C=O) groups is 1. The van der Waals surface area contributed by atoms with Gasteiger partial charge in [-0.25, -0.2) is 8.42 Å². The number of rotatable bonds is 6. The Morgan fingerprint density at radius 2 is 1.83 bits per heavy atom. The highest BCUT2D eigenvalue weighted by Crippen LogP contribution is 2.38. The Kier molecular flexibility index (Phi) is 7.51. The zero-order valence-electron chi connectivity index (χ0n) is 13.9. The first-order valence-corrected chi connectivity index (χ1v) is 9.79. The lowest BCUT2D eigenvalue weighted by molar-refractivity contribution is -0.118. The average Bonchev–Trinajstić information content (AvgIpc) is 2.46. The number of sulfonamides is 1. The summed E-state index contributed by atoms with van der Waals surface area (Å²) in [5, 5.41) is 2.85. The van der Waals surface area contributed by atoms with E-state index in [-0.39, 0.29) is 23.7 Å². The fraction of sp³-hybridized carbons (Fsp3) is 0.562. The van der Waals surface area contributed by atoms with Crippen LogP contribution >= 0.6 is 12.4 Å². The Morgan fingerprint density at radius 3 is 2.42 bits per heavy atom. The van der Waals surface area contributed by atoms with Gasteiger partial charge in [-0.05, 0) is 43.0 Å². The standard InChI is InChI=1S/C16H25N3O3S.ClH/c1-23(21,22)19-14-7-5-6-13(10-14)18-15(20)11-16(12-17)8-3-2-4-9-16;/h5-7,10,19H,2-4,8-9,11-12,17H2,1H3,(H,18,20);1H. The molecule has 0 aromatic heterocycles. The van der Waals surface area contributed by atoms with Gasteiger partial charge in [0.15, 0.2) is 0 Å². The van der Waals surface area contributed by atoms with Crippen molar-refractivity contribution in [3.8, 4) is 0 Å². The van der Waals surface area contributed by atoms with Crippen LogP contribution in [-0.4, -0.2) is 27.1 Å². The maximum atomic E-state index is 12.3. The number of anilines is 2. The normalized spacial score (nSPS) is 16.8. The van der Waals surface area contributed by atoms with Gasteiger partial charge in [-0.3, -0.25) is 9.52 Å². The van der Waals surface area contributed by atoms with Crippen molar-refractivity contribution in [2.75, 3.05) is 22.8 Å². The maximum Gasteiger partial charge on any atom is 0.229 e. The zero-order chi connectivity index (χ0) is 16.9. The van der Waals surface area contributed by atoms with Crippen molar-refractivity contribution in [3.05, 3.63) is 24.3 Å². The van der Waals surface area contributed by atoms with Crippen molar-refractivity contribution in [2.45, 2.75) is 38.5 Å². The Bertz CT molecular complexity index is 658. The van der Waals surface area contributed by atoms with Gasteiger partial charge in [0.2, 0.25) is 15.9 Å². The molecule has 1 aromatic carbocycles. The van der Waals surface area contributed by atoms with Crippen molar-refractivity contribution in [3.63, 3.8) is 0 Å². The lowest BCUT2D eigenvalue weighted by Gasteiger charge is -2.35. The lowest BCUT2D eigenvalue weighted by Crippen LogP contribution is -2.36. The number of halogens is 1. The number of amides is 1. The summed E-state index contributed by atoms with van der Waals surface area (Å²) in [5.41, 5.74) is 6.83. The average molecular weight is 376 g/mol. The van der Waals surface area contributed by atoms with Gasteiger partial charge in [0.1, 0.15) is 0 Å². The van der Waals surface area contributed by atoms with E-state index in [0.29, 0.717) is 24.3 Å². The molecule has 6 nitrogen and oxygen atoms in total. The molecule has 0 spiro atoms. The molecule has 0 atom stereocenters. The molecular weight excluding hydrogens is 350 g/mol. The van der Waals surface area contributed by atoms with Gasteiger partial charge in [0, 0.05) is 12.1 Å². The van der Waals surface area contributed by atoms with Gasteiger partial charge in [-0.15, -0.1) is 12.4 Å². The summed E-state index contributed by atoms with van der Waals surface area (Å²) >= 11 is 0. The first-order valence-electron chi connectivity index (χ1n) is 7.90. The third-order valence-corrected chi connectivity index (χ3v) is 4.94. The second-order valence-corrected chi connectivity index (χ2v) is 8.19. The molecule has 0 unspecified atom stereocenters. The molecule has 0 saturated heterocycles. The minimum Gasteiger partial charge on any atom is -0.330 e. The number of nitrogens with two attached hydrogens (primary N) is 1. The van der Waals surface area contributed by atoms with E-state index in [1.807, 2.05) is 0 Å². The molecule has 4 N–H and O–H groups in total. The topological polar surface area (TPSA) is 101 Å². The van der Waals surface area contributed by atoms with E-state index in [1.54, 1.807) is 24.3 Å². The third-order valence-electron chi connectivity index (χ3n) is 4.33. The fourth-order valence-electron chi connectivity index (χ4n) is 3.18. The minimum absolute atomic E-state index is 0. The van der Waals surface area contributed by atoms with Gasteiger partial charge in [0.25, 0.3) is 0 Å². The van der Waals surface area contributed by atoms with Gasteiger partial charge in [0.05, 0.1) is 11.9 Å². The highest BCUT2D eigenvalue weighted by molar-refractivity contribution is 7.92. The fourth-order valence-corrected chi connectivity index (χ4v) is 3.73. The second kappa shape index (κ2) is 8.69. The number of hydrogen-bond acceptors (Lipinski definition) is 4. The number of benzene rings is 1. The van der Waals surface area contributed by atoms with Crippen LogP contribution in [-0.2, 0) is 14.8 Å². The lowest BCUT2D eigenvalue weighted by atomic mass is 9.71. The van der Waals surface area contributed by atoms with E-state index in [0.717, 1.165) is 31.9 Å². The molecule has 1 aromatic rings. The molecule has 136 valence electrons. The molecule has 1 aliphatic carbocycles. The smallest absolute Gasteiger partial charge is 0.229 e. The summed E-state index contributed by atoms with van der Waals surface area (Å²) in [6, 6.07) is 6.68. The number of carbonyl (C=O) groups excluding carboxylic acids is 1. The van der Waals surface area contributed by atoms with Crippen LogP contribution in [0.2, 0.25) is 0 Å². The maximum absolute atomic E-state index is 12.3. The molecule has 0 radical (unpaired) electrons. The molecule has 24 heavy (non-hydrogen) atoms. The Labute approximate surface area is 150 Å². The molecule has 0 bridgehead atoms. The Hall–Kier alpha value is -1.31. The molecule has 2 rings (SSSR count). The van der Waals surface area contributed by atoms with Crippen LogP contribution < -0.4 is 15.8 Å². The van der Waals surface area contributed by atoms with Crippen LogP contribution in [0.3, 0.4) is 0 Å². The van der Waals surface area contributed by atoms with Crippen LogP contribution in [0.25, 0.3) is 0 Å². The van der Waals surface area contributed by atoms with Crippen molar-refractivity contribution < 1.29 is 13.2 Å². The first-order chi connectivity index (χ1) is 10.8. The van der Waals surface area contributed by atoms with E-state index < -0.39 is 10.0 Å². The van der Waals surface area contributed by atoms with Gasteiger partial charge in [-0.2, -0.15) is 0 Å². The Morgan fingerprint density at radius 1 is 1.21 bits per heavy atom. The predicted molar refractivity (Wildman–Crippen MR) is 100.0 cm³/mol. The van der Waals surface area contributed by atoms with Crippen molar-refractivity contribution in [2.24, 2.45) is 11.1 Å². The van der Waals surface area contributed by atoms with E-state index in [9.17, 15) is 13.2 Å². The van der Waals surface area contributed by atoms with Crippen LogP contribution in [0.15, 0.2) is 24.3 Å². The van der Waals surface area contributed by atoms with E-state index in [4.69, 9.17) is 5.73 Å². The van der Waals surface area contributed by atoms with E-state index >= 15 is 0 Å². The molecule has 0 aliphatic heterocycles. The summed E-state index contributed by atoms with van der Waals surface area (Å²) in [7, 11) is -3.34. The highest BCUT2D eigenvalue weighted by Gasteiger charge is 2.32. The van der Waals surface area contributed by atoms with Gasteiger partial charge in [-0.1, -0.05) is 25.3 Å². The van der Waals surface area contributed by atoms with Gasteiger partial charge >= 0.3 is 0 Å². The number of hydrogen-bond donors (Lipinski definition) is 3. The summed E-state index contributed by atoms with van der Waals surface area (Å²) in [6.45, 7) is 0.524. The second-order valence-electron chi connectivity index (χ2n) is 6.44. The largest absolute Gasteiger partial charge is 0.330 e. The molecule has 1 aliphatic rings. The van der Waals surface area contributed by atoms with Gasteiger partial charge < -0.3 is 11.1 Å². The van der Waals surface area contributed by atoms with E-state index in [2.05, 4.69) is 10.0 Å². The SMILES string of the molecule is CS(=O)(=O)Nc1cccc(NC(=O)CC2(CN)CCCCC2)c1.Cl. The van der Waals surface area contributed by atoms with Crippen LogP contribution in [0.4, 0.5) is 11.4 Å². The van der Waals surface area contributed by atoms with Crippen molar-refractivity contribution in [1.29, 1.82) is 0 Å². The third kappa shape index (κ3) is 6.30. The number of nitrogens with one attached hydrogen (secondary N) is 2. The minimum atomic E-state index is -3.34. The van der Waals surface area contributed by atoms with E-state index in [1.165, 1.54) is 6.42 Å². The molecule has 1 amide bonds. The predicted octanol–water partition coefficient (Wildman–Crippen LogP) is 2.72. The van der Waals surface area contributed by atoms with Crippen LogP contribution in [0, 0.1) is 5.41 Å². The van der Waals surface area contributed by atoms with Crippen molar-refractivity contribution in [1.82, 2.24) is 0 Å².